The second-order valence-corrected chi connectivity index (χ2v) is 5.75. The second kappa shape index (κ2) is 8.00. The Kier molecular flexibility index (Phi) is 6.65. The Morgan fingerprint density at radius 2 is 2.14 bits per heavy atom. The summed E-state index contributed by atoms with van der Waals surface area (Å²) in [6.07, 6.45) is 0.703. The van der Waals surface area contributed by atoms with E-state index in [1.807, 2.05) is 52.2 Å². The van der Waals surface area contributed by atoms with E-state index in [0.29, 0.717) is 19.6 Å². The topological polar surface area (TPSA) is 67.6 Å². The summed E-state index contributed by atoms with van der Waals surface area (Å²) in [7, 11) is 4.00. The zero-order valence-electron chi connectivity index (χ0n) is 13.5. The first-order valence-corrected chi connectivity index (χ1v) is 7.30. The van der Waals surface area contributed by atoms with Crippen molar-refractivity contribution in [2.45, 2.75) is 20.3 Å². The minimum Gasteiger partial charge on any atom is -0.492 e. The Balaban J connectivity index is 2.66. The van der Waals surface area contributed by atoms with Gasteiger partial charge in [-0.2, -0.15) is 0 Å². The van der Waals surface area contributed by atoms with Gasteiger partial charge in [0.05, 0.1) is 5.41 Å². The van der Waals surface area contributed by atoms with Crippen LogP contribution < -0.4 is 15.8 Å². The van der Waals surface area contributed by atoms with Crippen LogP contribution in [0.5, 0.6) is 5.75 Å². The third-order valence-electron chi connectivity index (χ3n) is 3.68. The van der Waals surface area contributed by atoms with Crippen molar-refractivity contribution in [1.29, 1.82) is 0 Å². The first kappa shape index (κ1) is 17.5. The predicted octanol–water partition coefficient (Wildman–Crippen LogP) is 1.94. The van der Waals surface area contributed by atoms with Crippen molar-refractivity contribution >= 4 is 11.6 Å². The number of rotatable bonds is 8. The monoisotopic (exact) mass is 293 g/mol. The molecule has 0 bridgehead atoms. The first-order chi connectivity index (χ1) is 9.91. The molecule has 0 aliphatic heterocycles. The molecule has 0 heterocycles. The number of nitrogens with two attached hydrogens (primary N) is 1. The van der Waals surface area contributed by atoms with Crippen LogP contribution in [0.15, 0.2) is 24.3 Å². The van der Waals surface area contributed by atoms with Gasteiger partial charge >= 0.3 is 0 Å². The summed E-state index contributed by atoms with van der Waals surface area (Å²) in [6, 6.07) is 7.43. The third kappa shape index (κ3) is 5.36. The van der Waals surface area contributed by atoms with Gasteiger partial charge < -0.3 is 20.7 Å². The number of ether oxygens (including phenoxy) is 1. The van der Waals surface area contributed by atoms with Crippen LogP contribution in [0.3, 0.4) is 0 Å². The van der Waals surface area contributed by atoms with Crippen molar-refractivity contribution in [3.8, 4) is 5.75 Å². The molecule has 0 saturated carbocycles. The van der Waals surface area contributed by atoms with Crippen molar-refractivity contribution in [3.63, 3.8) is 0 Å². The summed E-state index contributed by atoms with van der Waals surface area (Å²) >= 11 is 0. The molecule has 0 radical (unpaired) electrons. The van der Waals surface area contributed by atoms with Gasteiger partial charge in [-0.15, -0.1) is 0 Å². The zero-order valence-corrected chi connectivity index (χ0v) is 13.5. The van der Waals surface area contributed by atoms with Gasteiger partial charge in [-0.25, -0.2) is 0 Å². The number of carbonyl (C=O) groups excluding carboxylic acids is 1. The molecule has 5 heteroatoms. The van der Waals surface area contributed by atoms with Crippen molar-refractivity contribution in [2.75, 3.05) is 39.1 Å². The van der Waals surface area contributed by atoms with Crippen LogP contribution in [0.2, 0.25) is 0 Å². The molecule has 118 valence electrons. The second-order valence-electron chi connectivity index (χ2n) is 5.75. The highest BCUT2D eigenvalue weighted by atomic mass is 16.5. The van der Waals surface area contributed by atoms with Crippen molar-refractivity contribution in [3.05, 3.63) is 24.3 Å². The molecule has 1 atom stereocenters. The highest BCUT2D eigenvalue weighted by Crippen LogP contribution is 2.23. The van der Waals surface area contributed by atoms with E-state index in [2.05, 4.69) is 10.2 Å². The summed E-state index contributed by atoms with van der Waals surface area (Å²) in [5, 5.41) is 2.91. The molecule has 1 rings (SSSR count). The fourth-order valence-corrected chi connectivity index (χ4v) is 1.69. The number of amides is 1. The SMILES string of the molecule is CCC(C)(CN)C(=O)Nc1cccc(OCCN(C)C)c1. The number of anilines is 1. The van der Waals surface area contributed by atoms with Gasteiger partial charge in [0.15, 0.2) is 0 Å². The summed E-state index contributed by atoms with van der Waals surface area (Å²) in [4.78, 5) is 14.3. The average Bonchev–Trinajstić information content (AvgIpc) is 2.46. The zero-order chi connectivity index (χ0) is 15.9. The minimum absolute atomic E-state index is 0.0575. The van der Waals surface area contributed by atoms with Crippen molar-refractivity contribution < 1.29 is 9.53 Å². The lowest BCUT2D eigenvalue weighted by atomic mass is 9.86. The summed E-state index contributed by atoms with van der Waals surface area (Å²) in [5.41, 5.74) is 5.90. The lowest BCUT2D eigenvalue weighted by Gasteiger charge is -2.25. The quantitative estimate of drug-likeness (QED) is 0.768. The molecule has 21 heavy (non-hydrogen) atoms. The molecular formula is C16H27N3O2. The number of nitrogens with one attached hydrogen (secondary N) is 1. The molecule has 0 aromatic heterocycles. The van der Waals surface area contributed by atoms with Crippen LogP contribution in [0, 0.1) is 5.41 Å². The molecule has 3 N–H and O–H groups in total. The number of hydrogen-bond donors (Lipinski definition) is 2. The Morgan fingerprint density at radius 3 is 2.71 bits per heavy atom. The van der Waals surface area contributed by atoms with Gasteiger partial charge in [-0.05, 0) is 39.6 Å². The Morgan fingerprint density at radius 1 is 1.43 bits per heavy atom. The molecule has 1 unspecified atom stereocenters. The summed E-state index contributed by atoms with van der Waals surface area (Å²) in [5.74, 6) is 0.693. The number of hydrogen-bond acceptors (Lipinski definition) is 4. The number of carbonyl (C=O) groups is 1. The average molecular weight is 293 g/mol. The van der Waals surface area contributed by atoms with Crippen LogP contribution in [0.4, 0.5) is 5.69 Å². The lowest BCUT2D eigenvalue weighted by molar-refractivity contribution is -0.124. The highest BCUT2D eigenvalue weighted by molar-refractivity contribution is 5.95. The van der Waals surface area contributed by atoms with Crippen LogP contribution in [-0.4, -0.2) is 44.6 Å². The molecule has 1 amide bonds. The number of nitrogens with zero attached hydrogens (tertiary/aromatic N) is 1. The molecule has 5 nitrogen and oxygen atoms in total. The fourth-order valence-electron chi connectivity index (χ4n) is 1.69. The molecule has 0 fully saturated rings. The number of likely N-dealkylation sites (N-methyl/N-ethyl adjacent to an activating group) is 1. The van der Waals surface area contributed by atoms with E-state index in [0.717, 1.165) is 18.0 Å². The molecule has 0 aliphatic carbocycles. The molecule has 1 aromatic carbocycles. The van der Waals surface area contributed by atoms with Crippen LogP contribution in [0.1, 0.15) is 20.3 Å². The maximum atomic E-state index is 12.3. The fraction of sp³-hybridized carbons (Fsp3) is 0.562. The van der Waals surface area contributed by atoms with E-state index in [1.54, 1.807) is 0 Å². The maximum absolute atomic E-state index is 12.3. The Labute approximate surface area is 127 Å². The van der Waals surface area contributed by atoms with Crippen molar-refractivity contribution in [1.82, 2.24) is 4.90 Å². The van der Waals surface area contributed by atoms with Gasteiger partial charge in [-0.1, -0.05) is 13.0 Å². The Bertz CT molecular complexity index is 457. The van der Waals surface area contributed by atoms with E-state index in [1.165, 1.54) is 0 Å². The van der Waals surface area contributed by atoms with Gasteiger partial charge in [0.1, 0.15) is 12.4 Å². The first-order valence-electron chi connectivity index (χ1n) is 7.30. The van der Waals surface area contributed by atoms with E-state index in [4.69, 9.17) is 10.5 Å². The normalized spacial score (nSPS) is 13.8. The van der Waals surface area contributed by atoms with E-state index in [-0.39, 0.29) is 5.91 Å². The smallest absolute Gasteiger partial charge is 0.231 e. The maximum Gasteiger partial charge on any atom is 0.231 e. The molecular weight excluding hydrogens is 266 g/mol. The van der Waals surface area contributed by atoms with Crippen LogP contribution in [-0.2, 0) is 4.79 Å². The van der Waals surface area contributed by atoms with E-state index in [9.17, 15) is 4.79 Å². The van der Waals surface area contributed by atoms with Crippen LogP contribution in [0.25, 0.3) is 0 Å². The molecule has 0 saturated heterocycles. The molecule has 1 aromatic rings. The highest BCUT2D eigenvalue weighted by Gasteiger charge is 2.29. The van der Waals surface area contributed by atoms with E-state index < -0.39 is 5.41 Å². The summed E-state index contributed by atoms with van der Waals surface area (Å²) in [6.45, 7) is 5.62. The van der Waals surface area contributed by atoms with Gasteiger partial charge in [-0.3, -0.25) is 4.79 Å². The molecule has 0 aliphatic rings. The molecule has 0 spiro atoms. The van der Waals surface area contributed by atoms with Gasteiger partial charge in [0.25, 0.3) is 0 Å². The van der Waals surface area contributed by atoms with Crippen LogP contribution >= 0.6 is 0 Å². The lowest BCUT2D eigenvalue weighted by Crippen LogP contribution is -2.39. The van der Waals surface area contributed by atoms with Crippen molar-refractivity contribution in [2.24, 2.45) is 11.1 Å². The standard InChI is InChI=1S/C16H27N3O2/c1-5-16(2,12-17)15(20)18-13-7-6-8-14(11-13)21-10-9-19(3)4/h6-8,11H,5,9-10,12,17H2,1-4H3,(H,18,20). The number of benzene rings is 1. The van der Waals surface area contributed by atoms with Gasteiger partial charge in [0, 0.05) is 24.8 Å². The third-order valence-corrected chi connectivity index (χ3v) is 3.68. The summed E-state index contributed by atoms with van der Waals surface area (Å²) < 4.78 is 5.66. The van der Waals surface area contributed by atoms with Gasteiger partial charge in [0.2, 0.25) is 5.91 Å². The predicted molar refractivity (Wildman–Crippen MR) is 86.6 cm³/mol. The van der Waals surface area contributed by atoms with E-state index >= 15 is 0 Å². The largest absolute Gasteiger partial charge is 0.492 e. The minimum atomic E-state index is -0.540. The Hall–Kier alpha value is -1.59.